The fourth-order valence-electron chi connectivity index (χ4n) is 2.29. The first-order valence-corrected chi connectivity index (χ1v) is 7.22. The lowest BCUT2D eigenvalue weighted by Crippen LogP contribution is -2.49. The van der Waals surface area contributed by atoms with Gasteiger partial charge in [0, 0.05) is 31.8 Å². The number of hydrogen-bond acceptors (Lipinski definition) is 5. The standard InChI is InChI=1S/C14H20N4O4/c1-10(19)15-7-14(21)18-4-5-22-12(8-18)3-2-11-6-13(20)17-9-16-11/h6,9,12H,2-5,7-8H2,1H3,(H,15,19)(H,16,17,20)/t12-/m1/s1. The van der Waals surface area contributed by atoms with E-state index in [-0.39, 0.29) is 30.0 Å². The number of carbonyl (C=O) groups excluding carboxylic acids is 2. The Morgan fingerprint density at radius 3 is 3.09 bits per heavy atom. The maximum atomic E-state index is 12.0. The highest BCUT2D eigenvalue weighted by Gasteiger charge is 2.24. The van der Waals surface area contributed by atoms with Crippen molar-refractivity contribution in [3.05, 3.63) is 28.4 Å². The predicted molar refractivity (Wildman–Crippen MR) is 78.2 cm³/mol. The third kappa shape index (κ3) is 4.96. The molecule has 0 saturated carbocycles. The lowest BCUT2D eigenvalue weighted by molar-refractivity contribution is -0.139. The van der Waals surface area contributed by atoms with E-state index in [0.29, 0.717) is 38.2 Å². The van der Waals surface area contributed by atoms with Crippen molar-refractivity contribution < 1.29 is 14.3 Å². The minimum absolute atomic E-state index is 0.0116. The summed E-state index contributed by atoms with van der Waals surface area (Å²) >= 11 is 0. The van der Waals surface area contributed by atoms with Crippen molar-refractivity contribution in [1.29, 1.82) is 0 Å². The summed E-state index contributed by atoms with van der Waals surface area (Å²) < 4.78 is 5.64. The lowest BCUT2D eigenvalue weighted by Gasteiger charge is -2.33. The number of carbonyl (C=O) groups is 2. The van der Waals surface area contributed by atoms with E-state index < -0.39 is 0 Å². The molecule has 22 heavy (non-hydrogen) atoms. The highest BCUT2D eigenvalue weighted by molar-refractivity contribution is 5.83. The first-order valence-electron chi connectivity index (χ1n) is 7.22. The number of nitrogens with one attached hydrogen (secondary N) is 2. The second-order valence-electron chi connectivity index (χ2n) is 5.18. The molecule has 0 spiro atoms. The van der Waals surface area contributed by atoms with Crippen molar-refractivity contribution in [3.8, 4) is 0 Å². The van der Waals surface area contributed by atoms with Crippen LogP contribution >= 0.6 is 0 Å². The molecule has 0 radical (unpaired) electrons. The van der Waals surface area contributed by atoms with E-state index in [1.54, 1.807) is 4.90 Å². The SMILES string of the molecule is CC(=O)NCC(=O)N1CCO[C@H](CCc2cc(=O)[nH]cn2)C1. The van der Waals surface area contributed by atoms with E-state index in [0.717, 1.165) is 0 Å². The van der Waals surface area contributed by atoms with Crippen molar-refractivity contribution in [1.82, 2.24) is 20.2 Å². The first kappa shape index (κ1) is 16.2. The molecule has 1 aromatic rings. The van der Waals surface area contributed by atoms with E-state index >= 15 is 0 Å². The van der Waals surface area contributed by atoms with E-state index in [1.807, 2.05) is 0 Å². The first-order chi connectivity index (χ1) is 10.5. The monoisotopic (exact) mass is 308 g/mol. The summed E-state index contributed by atoms with van der Waals surface area (Å²) in [7, 11) is 0. The molecule has 8 nitrogen and oxygen atoms in total. The van der Waals surface area contributed by atoms with Crippen LogP contribution in [-0.4, -0.2) is 59.0 Å². The van der Waals surface area contributed by atoms with E-state index in [9.17, 15) is 14.4 Å². The molecule has 0 aliphatic carbocycles. The molecule has 2 rings (SSSR count). The van der Waals surface area contributed by atoms with Gasteiger partial charge in [0.15, 0.2) is 0 Å². The number of aromatic nitrogens is 2. The molecule has 1 saturated heterocycles. The van der Waals surface area contributed by atoms with Crippen LogP contribution < -0.4 is 10.9 Å². The normalized spacial score (nSPS) is 18.0. The summed E-state index contributed by atoms with van der Waals surface area (Å²) in [6.07, 6.45) is 2.59. The molecule has 8 heteroatoms. The Morgan fingerprint density at radius 2 is 2.36 bits per heavy atom. The molecule has 120 valence electrons. The van der Waals surface area contributed by atoms with E-state index in [2.05, 4.69) is 15.3 Å². The van der Waals surface area contributed by atoms with Gasteiger partial charge in [0.25, 0.3) is 5.56 Å². The average molecular weight is 308 g/mol. The molecule has 0 unspecified atom stereocenters. The Bertz CT molecular complexity index is 586. The molecule has 0 aromatic carbocycles. The molecular weight excluding hydrogens is 288 g/mol. The molecule has 1 aromatic heterocycles. The number of aryl methyl sites for hydroxylation is 1. The molecule has 2 heterocycles. The van der Waals surface area contributed by atoms with Crippen LogP contribution in [0, 0.1) is 0 Å². The van der Waals surface area contributed by atoms with Crippen LogP contribution in [0.2, 0.25) is 0 Å². The third-order valence-corrected chi connectivity index (χ3v) is 3.44. The quantitative estimate of drug-likeness (QED) is 0.731. The second kappa shape index (κ2) is 7.69. The number of hydrogen-bond donors (Lipinski definition) is 2. The van der Waals surface area contributed by atoms with Gasteiger partial charge in [0.05, 0.1) is 25.6 Å². The van der Waals surface area contributed by atoms with Crippen LogP contribution in [0.15, 0.2) is 17.2 Å². The summed E-state index contributed by atoms with van der Waals surface area (Å²) in [5.41, 5.74) is 0.524. The van der Waals surface area contributed by atoms with Crippen molar-refractivity contribution in [2.45, 2.75) is 25.9 Å². The summed E-state index contributed by atoms with van der Waals surface area (Å²) in [6.45, 7) is 2.88. The largest absolute Gasteiger partial charge is 0.375 e. The van der Waals surface area contributed by atoms with Gasteiger partial charge in [-0.15, -0.1) is 0 Å². The molecule has 1 aliphatic heterocycles. The van der Waals surface area contributed by atoms with Gasteiger partial charge in [-0.05, 0) is 12.8 Å². The Kier molecular flexibility index (Phi) is 5.65. The van der Waals surface area contributed by atoms with Gasteiger partial charge >= 0.3 is 0 Å². The number of amides is 2. The van der Waals surface area contributed by atoms with Gasteiger partial charge in [-0.1, -0.05) is 0 Å². The average Bonchev–Trinajstić information content (AvgIpc) is 2.51. The second-order valence-corrected chi connectivity index (χ2v) is 5.18. The highest BCUT2D eigenvalue weighted by Crippen LogP contribution is 2.11. The highest BCUT2D eigenvalue weighted by atomic mass is 16.5. The van der Waals surface area contributed by atoms with Gasteiger partial charge in [0.1, 0.15) is 0 Å². The van der Waals surface area contributed by atoms with Gasteiger partial charge in [0.2, 0.25) is 11.8 Å². The number of nitrogens with zero attached hydrogens (tertiary/aromatic N) is 2. The van der Waals surface area contributed by atoms with Gasteiger partial charge in [-0.3, -0.25) is 14.4 Å². The summed E-state index contributed by atoms with van der Waals surface area (Å²) in [5.74, 6) is -0.337. The predicted octanol–water partition coefficient (Wildman–Crippen LogP) is -0.934. The number of rotatable bonds is 5. The maximum absolute atomic E-state index is 12.0. The van der Waals surface area contributed by atoms with E-state index in [1.165, 1.54) is 19.3 Å². The van der Waals surface area contributed by atoms with Crippen molar-refractivity contribution in [3.63, 3.8) is 0 Å². The van der Waals surface area contributed by atoms with Crippen LogP contribution in [0.5, 0.6) is 0 Å². The molecule has 0 bridgehead atoms. The van der Waals surface area contributed by atoms with Crippen LogP contribution in [0.1, 0.15) is 19.0 Å². The molecule has 1 atom stereocenters. The van der Waals surface area contributed by atoms with Crippen LogP contribution in [0.25, 0.3) is 0 Å². The van der Waals surface area contributed by atoms with Gasteiger partial charge in [-0.2, -0.15) is 0 Å². The van der Waals surface area contributed by atoms with Crippen molar-refractivity contribution >= 4 is 11.8 Å². The summed E-state index contributed by atoms with van der Waals surface area (Å²) in [6, 6.07) is 1.46. The van der Waals surface area contributed by atoms with Crippen molar-refractivity contribution in [2.24, 2.45) is 0 Å². The van der Waals surface area contributed by atoms with Crippen LogP contribution in [0.4, 0.5) is 0 Å². The lowest BCUT2D eigenvalue weighted by atomic mass is 10.1. The molecular formula is C14H20N4O4. The number of ether oxygens (including phenoxy) is 1. The van der Waals surface area contributed by atoms with Crippen LogP contribution in [-0.2, 0) is 20.7 Å². The summed E-state index contributed by atoms with van der Waals surface area (Å²) in [5, 5.41) is 2.50. The van der Waals surface area contributed by atoms with Crippen LogP contribution in [0.3, 0.4) is 0 Å². The minimum atomic E-state index is -0.224. The molecule has 1 aliphatic rings. The smallest absolute Gasteiger partial charge is 0.250 e. The Labute approximate surface area is 127 Å². The topological polar surface area (TPSA) is 104 Å². The Hall–Kier alpha value is -2.22. The third-order valence-electron chi connectivity index (χ3n) is 3.44. The number of morpholine rings is 1. The zero-order valence-electron chi connectivity index (χ0n) is 12.5. The Balaban J connectivity index is 1.81. The Morgan fingerprint density at radius 1 is 1.55 bits per heavy atom. The number of aromatic amines is 1. The molecule has 2 amide bonds. The summed E-state index contributed by atoms with van der Waals surface area (Å²) in [4.78, 5) is 42.2. The van der Waals surface area contributed by atoms with Gasteiger partial charge < -0.3 is 19.9 Å². The van der Waals surface area contributed by atoms with E-state index in [4.69, 9.17) is 4.74 Å². The van der Waals surface area contributed by atoms with Gasteiger partial charge in [-0.25, -0.2) is 4.98 Å². The fourth-order valence-corrected chi connectivity index (χ4v) is 2.29. The molecule has 1 fully saturated rings. The zero-order chi connectivity index (χ0) is 15.9. The minimum Gasteiger partial charge on any atom is -0.375 e. The maximum Gasteiger partial charge on any atom is 0.250 e. The van der Waals surface area contributed by atoms with Crippen molar-refractivity contribution in [2.75, 3.05) is 26.2 Å². The fraction of sp³-hybridized carbons (Fsp3) is 0.571. The number of H-pyrrole nitrogens is 1. The molecule has 2 N–H and O–H groups in total. The zero-order valence-corrected chi connectivity index (χ0v) is 12.5.